The fourth-order valence-electron chi connectivity index (χ4n) is 15.0. The molecular weight excluding hydrogens is 1600 g/mol. The van der Waals surface area contributed by atoms with E-state index in [4.69, 9.17) is 39.4 Å². The van der Waals surface area contributed by atoms with E-state index in [1.54, 1.807) is 38.4 Å². The molecule has 4 fully saturated rings. The van der Waals surface area contributed by atoms with E-state index >= 15 is 0 Å². The number of nitrogens with zero attached hydrogens (tertiary/aromatic N) is 9. The molecule has 6 aromatic heterocycles. The summed E-state index contributed by atoms with van der Waals surface area (Å²) in [6, 6.07) is 37.7. The highest BCUT2D eigenvalue weighted by molar-refractivity contribution is 5.90. The van der Waals surface area contributed by atoms with Crippen LogP contribution in [0.15, 0.2) is 185 Å². The number of hydrogen-bond acceptors (Lipinski definition) is 20. The van der Waals surface area contributed by atoms with Gasteiger partial charge in [-0.25, -0.2) is 13.8 Å². The summed E-state index contributed by atoms with van der Waals surface area (Å²) < 4.78 is 59.2. The molecule has 0 aliphatic carbocycles. The number of halogens is 3. The van der Waals surface area contributed by atoms with Crippen LogP contribution in [0.1, 0.15) is 166 Å². The molecule has 28 nitrogen and oxygen atoms in total. The van der Waals surface area contributed by atoms with Gasteiger partial charge in [0.05, 0.1) is 107 Å². The van der Waals surface area contributed by atoms with E-state index in [2.05, 4.69) is 16.8 Å². The number of benzene rings is 6. The average Bonchev–Trinajstić information content (AvgIpc) is 1.28. The van der Waals surface area contributed by atoms with Crippen molar-refractivity contribution in [3.8, 4) is 11.8 Å². The summed E-state index contributed by atoms with van der Waals surface area (Å²) >= 11 is 0. The molecule has 6 aromatic carbocycles. The van der Waals surface area contributed by atoms with Gasteiger partial charge in [-0.1, -0.05) is 79.6 Å². The van der Waals surface area contributed by atoms with Gasteiger partial charge in [0.2, 0.25) is 0 Å². The zero-order valence-corrected chi connectivity index (χ0v) is 71.5. The molecule has 666 valence electrons. The number of aryl methyl sites for hydroxylation is 5. The van der Waals surface area contributed by atoms with Gasteiger partial charge >= 0.3 is 0 Å². The summed E-state index contributed by atoms with van der Waals surface area (Å²) in [5.74, 6) is 4.74. The monoisotopic (exact) mass is 1720 g/mol. The fourth-order valence-corrected chi connectivity index (χ4v) is 15.0. The normalized spacial score (nSPS) is 20.8. The zero-order chi connectivity index (χ0) is 89.3. The Hall–Kier alpha value is -11.1. The van der Waals surface area contributed by atoms with Gasteiger partial charge in [-0.2, -0.15) is 0 Å². The van der Waals surface area contributed by atoms with Gasteiger partial charge in [-0.05, 0) is 179 Å². The van der Waals surface area contributed by atoms with Crippen molar-refractivity contribution >= 4 is 65.6 Å². The van der Waals surface area contributed by atoms with E-state index in [1.165, 1.54) is 53.7 Å². The quantitative estimate of drug-likeness (QED) is 0.0358. The van der Waals surface area contributed by atoms with Crippen LogP contribution in [0.25, 0.3) is 54.3 Å². The molecule has 4 aliphatic heterocycles. The Morgan fingerprint density at radius 3 is 1.55 bits per heavy atom. The van der Waals surface area contributed by atoms with Crippen molar-refractivity contribution in [3.63, 3.8) is 0 Å². The number of para-hydroxylation sites is 1. The number of aliphatic hydroxyl groups excluding tert-OH is 8. The second-order valence-electron chi connectivity index (χ2n) is 33.7. The van der Waals surface area contributed by atoms with Gasteiger partial charge in [0.1, 0.15) is 54.7 Å². The lowest BCUT2D eigenvalue weighted by Crippen LogP contribution is -2.34. The first-order chi connectivity index (χ1) is 57.6. The first-order valence-electron chi connectivity index (χ1n) is 40.2. The maximum absolute atomic E-state index is 13.6. The number of hydrogen-bond donors (Lipinski definition) is 8. The molecule has 31 heteroatoms. The topological polar surface area (TPSA) is 379 Å². The molecule has 16 rings (SSSR count). The van der Waals surface area contributed by atoms with E-state index in [0.29, 0.717) is 24.8 Å². The van der Waals surface area contributed by atoms with Crippen LogP contribution in [0.5, 0.6) is 0 Å². The number of pyridine rings is 3. The van der Waals surface area contributed by atoms with Crippen molar-refractivity contribution in [3.05, 3.63) is 273 Å². The largest absolute Gasteiger partial charge is 0.394 e. The number of ether oxygens (including phenoxy) is 4. The Kier molecular flexibility index (Phi) is 33.0. The summed E-state index contributed by atoms with van der Waals surface area (Å²) in [5.41, 5.74) is 8.20. The lowest BCUT2D eigenvalue weighted by Gasteiger charge is -2.23. The minimum atomic E-state index is -0.824. The van der Waals surface area contributed by atoms with E-state index < -0.39 is 82.6 Å². The van der Waals surface area contributed by atoms with E-state index in [1.807, 2.05) is 210 Å². The van der Waals surface area contributed by atoms with Crippen molar-refractivity contribution < 1.29 is 83.1 Å². The SMILES string of the molecule is C.CC#Cc1cn(C(C)(C)C)c(=O)c2c(C)cccc12.Cc1cc([C@H]2CC(O)[C@@H](CO)O2)c(F)cc1F.Cc1ccc2c(=O)n(C(C)(C)C)ccc2c1.Cc1cccc2c1ncn2[C@H]1CC(O)[C@@H](CO)O1.Cc1cccc2ccn(C(C)(C)C)c(=O)c12.F.O=[N+]([O-])c1ccc2c(ccn2[C@H]2CC(O)[C@@H](CO)O2)c1.O=[N+]([O-])c1ccn([C@H]2CC(O)[C@@H](CO)O2)c1. The predicted octanol–water partition coefficient (Wildman–Crippen LogP) is 14.0. The first-order valence-corrected chi connectivity index (χ1v) is 40.2. The van der Waals surface area contributed by atoms with Crippen LogP contribution in [-0.2, 0) is 35.6 Å². The number of non-ortho nitro benzene ring substituents is 1. The number of aromatic nitrogens is 7. The van der Waals surface area contributed by atoms with Gasteiger partial charge < -0.3 is 87.2 Å². The Morgan fingerprint density at radius 1 is 0.484 bits per heavy atom. The molecule has 4 unspecified atom stereocenters. The highest BCUT2D eigenvalue weighted by Gasteiger charge is 2.39. The lowest BCUT2D eigenvalue weighted by molar-refractivity contribution is -0.385. The summed E-state index contributed by atoms with van der Waals surface area (Å²) in [6.45, 7) is 28.7. The van der Waals surface area contributed by atoms with Crippen LogP contribution in [0, 0.1) is 78.3 Å². The number of nitro benzene ring substituents is 1. The smallest absolute Gasteiger partial charge is 0.286 e. The fraction of sp³-hybridized carbons (Fsp3) is 0.419. The predicted molar refractivity (Wildman–Crippen MR) is 471 cm³/mol. The molecule has 10 heterocycles. The molecule has 124 heavy (non-hydrogen) atoms. The van der Waals surface area contributed by atoms with Crippen LogP contribution < -0.4 is 16.7 Å². The van der Waals surface area contributed by atoms with Crippen molar-refractivity contribution in [2.75, 3.05) is 26.4 Å². The molecule has 4 aliphatic rings. The summed E-state index contributed by atoms with van der Waals surface area (Å²) in [7, 11) is 0. The number of fused-ring (bicyclic) bond motifs is 5. The van der Waals surface area contributed by atoms with E-state index in [-0.39, 0.29) is 108 Å². The van der Waals surface area contributed by atoms with Gasteiger partial charge in [0, 0.05) is 125 Å². The van der Waals surface area contributed by atoms with Gasteiger partial charge in [0.15, 0.2) is 0 Å². The van der Waals surface area contributed by atoms with Gasteiger partial charge in [0.25, 0.3) is 28.1 Å². The third kappa shape index (κ3) is 22.7. The number of aliphatic hydroxyl groups is 8. The molecule has 8 N–H and O–H groups in total. The third-order valence-corrected chi connectivity index (χ3v) is 21.6. The molecule has 0 spiro atoms. The van der Waals surface area contributed by atoms with E-state index in [9.17, 15) is 63.8 Å². The van der Waals surface area contributed by atoms with Crippen LogP contribution in [0.4, 0.5) is 24.9 Å². The molecule has 12 aromatic rings. The van der Waals surface area contributed by atoms with Gasteiger partial charge in [-0.3, -0.25) is 39.3 Å². The number of nitro groups is 2. The van der Waals surface area contributed by atoms with E-state index in [0.717, 1.165) is 82.6 Å². The minimum absolute atomic E-state index is 0. The molecule has 4 saturated heterocycles. The summed E-state index contributed by atoms with van der Waals surface area (Å²) in [4.78, 5) is 61.9. The van der Waals surface area contributed by atoms with Crippen LogP contribution in [-0.4, -0.2) is 158 Å². The second kappa shape index (κ2) is 41.6. The van der Waals surface area contributed by atoms with Crippen molar-refractivity contribution in [1.82, 2.24) is 32.4 Å². The van der Waals surface area contributed by atoms with Crippen LogP contribution in [0.2, 0.25) is 0 Å². The Bertz CT molecular complexity index is 5980. The molecule has 12 atom stereocenters. The lowest BCUT2D eigenvalue weighted by atomic mass is 10.0. The van der Waals surface area contributed by atoms with Crippen LogP contribution in [0.3, 0.4) is 0 Å². The molecule has 0 saturated carbocycles. The molecular formula is C93H114F3N9O19. The third-order valence-electron chi connectivity index (χ3n) is 21.6. The van der Waals surface area contributed by atoms with Crippen molar-refractivity contribution in [1.29, 1.82) is 0 Å². The molecule has 0 bridgehead atoms. The number of rotatable bonds is 10. The summed E-state index contributed by atoms with van der Waals surface area (Å²) in [6.07, 6.45) is 6.34. The van der Waals surface area contributed by atoms with Crippen molar-refractivity contribution in [2.24, 2.45) is 0 Å². The highest BCUT2D eigenvalue weighted by Crippen LogP contribution is 2.38. The minimum Gasteiger partial charge on any atom is -0.394 e. The van der Waals surface area contributed by atoms with Gasteiger partial charge in [-0.15, -0.1) is 5.92 Å². The first kappa shape index (κ1) is 98.3. The highest BCUT2D eigenvalue weighted by atomic mass is 19.1. The second-order valence-corrected chi connectivity index (χ2v) is 33.7. The zero-order valence-electron chi connectivity index (χ0n) is 71.5. The maximum Gasteiger partial charge on any atom is 0.286 e. The average molecular weight is 1720 g/mol. The maximum atomic E-state index is 13.6. The summed E-state index contributed by atoms with van der Waals surface area (Å²) in [5, 5.41) is 102. The Morgan fingerprint density at radius 2 is 0.992 bits per heavy atom. The Balaban J connectivity index is 0.000000179. The standard InChI is InChI=1S/C17H19NO.2C14H17NO.C13H14N2O5.C13H16N2O3.C12H14F2O3.C9H12N2O5.CH4.FH/c1-6-8-13-11-18(17(3,4)5)16(19)15-12(2)9-7-10-14(13)15;1-10-5-6-12-11(9-10)7-8-15(13(12)16)14(2,3)4;1-10-6-5-7-11-8-9-15(14(2,3)4)13(16)12(10)11;16-7-12-11(17)6-13(20-12)14-4-3-8-5-9(15(18)19)1-2-10(8)14;1-8-3-2-4-9-13(8)14-7-15(9)12-5-10(17)11(6-16)18-12;1-6-2-7(9(14)3-8(6)13)11-4-10(16)12(5-15)17-11;12-5-8-7(13)3-9(16-8)10-2-1-6(4-10)11(14)15;;/h7,9-11H,1-5H3;2*5-9H,1-4H3;1-5,11-13,16-17H,6-7H2;2-4,7,10-12,16-17H,5-6H2,1H3;2-3,10-12,15-16H,4-5H2,1H3;1-2,4,7-9,12-13H,3,5H2;1H4;1H/t;;;11?,12-,13-;2*10?,11-,12-;7?,8-,9-;;/m...1111../s1. The number of imidazole rings is 1. The van der Waals surface area contributed by atoms with Crippen molar-refractivity contribution in [2.45, 2.75) is 227 Å². The van der Waals surface area contributed by atoms with Crippen LogP contribution >= 0.6 is 0 Å². The Labute approximate surface area is 716 Å². The molecule has 0 radical (unpaired) electrons. The molecule has 0 amide bonds.